The summed E-state index contributed by atoms with van der Waals surface area (Å²) in [4.78, 5) is 4.36. The van der Waals surface area contributed by atoms with Gasteiger partial charge in [-0.25, -0.2) is 4.98 Å². The third kappa shape index (κ3) is 2.70. The van der Waals surface area contributed by atoms with Gasteiger partial charge in [-0.1, -0.05) is 54.6 Å². The predicted molar refractivity (Wildman–Crippen MR) is 106 cm³/mol. The number of anilines is 1. The molecule has 0 fully saturated rings. The van der Waals surface area contributed by atoms with E-state index in [4.69, 9.17) is 0 Å². The monoisotopic (exact) mass is 415 g/mol. The van der Waals surface area contributed by atoms with Crippen molar-refractivity contribution in [2.24, 2.45) is 11.0 Å². The number of aliphatic hydroxyl groups is 1. The van der Waals surface area contributed by atoms with E-state index < -0.39 is 17.8 Å². The molecule has 0 amide bonds. The fraction of sp³-hybridized carbons (Fsp3) is 0.238. The van der Waals surface area contributed by atoms with Crippen molar-refractivity contribution in [3.8, 4) is 11.3 Å². The number of benzene rings is 2. The first kappa shape index (κ1) is 18.3. The minimum absolute atomic E-state index is 0.0167. The van der Waals surface area contributed by atoms with Gasteiger partial charge in [0, 0.05) is 16.5 Å². The van der Waals surface area contributed by atoms with Crippen molar-refractivity contribution in [1.82, 2.24) is 4.98 Å². The Labute approximate surface area is 168 Å². The summed E-state index contributed by atoms with van der Waals surface area (Å²) in [6.45, 7) is 0. The Morgan fingerprint density at radius 1 is 1.07 bits per heavy atom. The molecule has 1 N–H and O–H groups in total. The van der Waals surface area contributed by atoms with Crippen LogP contribution in [0.25, 0.3) is 11.3 Å². The molecule has 29 heavy (non-hydrogen) atoms. The van der Waals surface area contributed by atoms with Crippen LogP contribution in [0.3, 0.4) is 0 Å². The lowest BCUT2D eigenvalue weighted by Crippen LogP contribution is -2.60. The van der Waals surface area contributed by atoms with E-state index in [9.17, 15) is 18.3 Å². The fourth-order valence-electron chi connectivity index (χ4n) is 4.07. The van der Waals surface area contributed by atoms with E-state index in [1.807, 2.05) is 42.5 Å². The Bertz CT molecular complexity index is 1100. The molecule has 2 aromatic carbocycles. The number of hydrogen-bond acceptors (Lipinski definition) is 5. The lowest BCUT2D eigenvalue weighted by Gasteiger charge is -2.38. The maximum Gasteiger partial charge on any atom is 0.439 e. The summed E-state index contributed by atoms with van der Waals surface area (Å²) in [5, 5.41) is 17.6. The van der Waals surface area contributed by atoms with Gasteiger partial charge in [0.15, 0.2) is 0 Å². The molecule has 1 aliphatic carbocycles. The summed E-state index contributed by atoms with van der Waals surface area (Å²) in [5.41, 5.74) is 0.0856. The summed E-state index contributed by atoms with van der Waals surface area (Å²) >= 11 is 1.03. The van der Waals surface area contributed by atoms with E-state index in [1.54, 1.807) is 17.5 Å². The molecular formula is C21H16F3N3OS. The molecule has 2 heterocycles. The highest BCUT2D eigenvalue weighted by atomic mass is 32.1. The number of alkyl halides is 3. The largest absolute Gasteiger partial charge is 0.439 e. The number of hydrogen-bond donors (Lipinski definition) is 1. The molecule has 5 rings (SSSR count). The molecule has 0 radical (unpaired) electrons. The lowest BCUT2D eigenvalue weighted by molar-refractivity contribution is -0.268. The second-order valence-corrected chi connectivity index (χ2v) is 7.99. The number of nitrogens with zero attached hydrogens (tertiary/aromatic N) is 3. The highest BCUT2D eigenvalue weighted by Gasteiger charge is 2.68. The van der Waals surface area contributed by atoms with E-state index in [2.05, 4.69) is 10.1 Å². The number of aryl methyl sites for hydroxylation is 1. The highest BCUT2D eigenvalue weighted by Crippen LogP contribution is 2.50. The van der Waals surface area contributed by atoms with Crippen molar-refractivity contribution < 1.29 is 18.3 Å². The molecular weight excluding hydrogens is 399 g/mol. The molecule has 2 aliphatic rings. The Morgan fingerprint density at radius 3 is 2.55 bits per heavy atom. The first-order valence-corrected chi connectivity index (χ1v) is 10.0. The van der Waals surface area contributed by atoms with Gasteiger partial charge in [-0.3, -0.25) is 0 Å². The Balaban J connectivity index is 1.63. The molecule has 148 valence electrons. The van der Waals surface area contributed by atoms with Crippen LogP contribution in [0.5, 0.6) is 0 Å². The van der Waals surface area contributed by atoms with Gasteiger partial charge in [0.1, 0.15) is 0 Å². The molecule has 1 aromatic heterocycles. The molecule has 2 atom stereocenters. The summed E-state index contributed by atoms with van der Waals surface area (Å²) in [6, 6.07) is 16.5. The maximum absolute atomic E-state index is 14.2. The van der Waals surface area contributed by atoms with Crippen LogP contribution in [-0.2, 0) is 6.42 Å². The Morgan fingerprint density at radius 2 is 1.79 bits per heavy atom. The smallest absolute Gasteiger partial charge is 0.362 e. The van der Waals surface area contributed by atoms with Crippen molar-refractivity contribution >= 4 is 22.2 Å². The van der Waals surface area contributed by atoms with Crippen molar-refractivity contribution in [2.45, 2.75) is 24.7 Å². The molecule has 4 nitrogen and oxygen atoms in total. The fourth-order valence-corrected chi connectivity index (χ4v) is 4.91. The molecule has 8 heteroatoms. The summed E-state index contributed by atoms with van der Waals surface area (Å²) < 4.78 is 42.5. The predicted octanol–water partition coefficient (Wildman–Crippen LogP) is 4.85. The maximum atomic E-state index is 14.2. The van der Waals surface area contributed by atoms with Crippen LogP contribution in [0.2, 0.25) is 0 Å². The molecule has 0 saturated carbocycles. The average molecular weight is 415 g/mol. The number of hydrazone groups is 1. The van der Waals surface area contributed by atoms with Gasteiger partial charge in [0.25, 0.3) is 5.72 Å². The van der Waals surface area contributed by atoms with Gasteiger partial charge in [-0.05, 0) is 18.4 Å². The van der Waals surface area contributed by atoms with Crippen molar-refractivity contribution in [3.05, 3.63) is 71.1 Å². The van der Waals surface area contributed by atoms with Crippen LogP contribution in [0, 0.1) is 5.92 Å². The number of thiazole rings is 1. The van der Waals surface area contributed by atoms with E-state index in [-0.39, 0.29) is 17.3 Å². The molecule has 3 aromatic rings. The van der Waals surface area contributed by atoms with Gasteiger partial charge in [-0.15, -0.1) is 11.3 Å². The topological polar surface area (TPSA) is 48.7 Å². The van der Waals surface area contributed by atoms with Crippen LogP contribution in [0.1, 0.15) is 17.5 Å². The first-order valence-electron chi connectivity index (χ1n) is 9.16. The summed E-state index contributed by atoms with van der Waals surface area (Å²) in [7, 11) is 0. The van der Waals surface area contributed by atoms with Gasteiger partial charge in [0.05, 0.1) is 17.3 Å². The summed E-state index contributed by atoms with van der Waals surface area (Å²) in [5.74, 6) is -1.17. The summed E-state index contributed by atoms with van der Waals surface area (Å²) in [6.07, 6.45) is -4.27. The van der Waals surface area contributed by atoms with Gasteiger partial charge < -0.3 is 5.11 Å². The average Bonchev–Trinajstić information content (AvgIpc) is 3.32. The number of halogens is 3. The SMILES string of the molecule is O[C@@]1(C(F)(F)F)[C@@H]2CCc3ccccc3C2=NN1c1nc(-c2ccccc2)cs1. The van der Waals surface area contributed by atoms with E-state index in [0.717, 1.165) is 22.5 Å². The van der Waals surface area contributed by atoms with Crippen LogP contribution >= 0.6 is 11.3 Å². The first-order chi connectivity index (χ1) is 13.9. The van der Waals surface area contributed by atoms with Crippen LogP contribution in [-0.4, -0.2) is 27.7 Å². The second-order valence-electron chi connectivity index (χ2n) is 7.15. The molecule has 0 unspecified atom stereocenters. The normalized spacial score (nSPS) is 23.5. The Hall–Kier alpha value is -2.71. The zero-order valence-corrected chi connectivity index (χ0v) is 15.9. The van der Waals surface area contributed by atoms with Crippen LogP contribution < -0.4 is 5.01 Å². The van der Waals surface area contributed by atoms with E-state index >= 15 is 0 Å². The van der Waals surface area contributed by atoms with Gasteiger partial charge in [-0.2, -0.15) is 23.3 Å². The number of rotatable bonds is 2. The third-order valence-electron chi connectivity index (χ3n) is 5.50. The van der Waals surface area contributed by atoms with Crippen molar-refractivity contribution in [2.75, 3.05) is 5.01 Å². The van der Waals surface area contributed by atoms with E-state index in [1.165, 1.54) is 0 Å². The highest BCUT2D eigenvalue weighted by molar-refractivity contribution is 7.14. The van der Waals surface area contributed by atoms with Gasteiger partial charge in [0.2, 0.25) is 5.13 Å². The minimum Gasteiger partial charge on any atom is -0.362 e. The third-order valence-corrected chi connectivity index (χ3v) is 6.32. The quantitative estimate of drug-likeness (QED) is 0.651. The molecule has 0 spiro atoms. The Kier molecular flexibility index (Phi) is 4.04. The van der Waals surface area contributed by atoms with Gasteiger partial charge >= 0.3 is 6.18 Å². The van der Waals surface area contributed by atoms with Crippen molar-refractivity contribution in [3.63, 3.8) is 0 Å². The van der Waals surface area contributed by atoms with Crippen LogP contribution in [0.4, 0.5) is 18.3 Å². The zero-order chi connectivity index (χ0) is 20.2. The zero-order valence-electron chi connectivity index (χ0n) is 15.1. The minimum atomic E-state index is -4.90. The van der Waals surface area contributed by atoms with Crippen molar-refractivity contribution in [1.29, 1.82) is 0 Å². The lowest BCUT2D eigenvalue weighted by atomic mass is 9.77. The van der Waals surface area contributed by atoms with Crippen LogP contribution in [0.15, 0.2) is 65.1 Å². The standard InChI is InChI=1S/C21H16F3N3OS/c22-21(23,24)20(28)16-11-10-13-6-4-5-9-15(13)18(16)26-27(20)19-25-17(12-29-19)14-7-2-1-3-8-14/h1-9,12,16,28H,10-11H2/t16-,20-/m1/s1. The van der Waals surface area contributed by atoms with E-state index in [0.29, 0.717) is 22.7 Å². The number of aromatic nitrogens is 1. The molecule has 0 saturated heterocycles. The second kappa shape index (κ2) is 6.40. The molecule has 0 bridgehead atoms. The molecule has 1 aliphatic heterocycles. The number of fused-ring (bicyclic) bond motifs is 3.